The molecular weight excluding hydrogens is 256 g/mol. The molecule has 1 atom stereocenters. The monoisotopic (exact) mass is 280 g/mol. The van der Waals surface area contributed by atoms with Crippen LogP contribution in [0.15, 0.2) is 0 Å². The zero-order chi connectivity index (χ0) is 14.7. The first-order valence-corrected chi connectivity index (χ1v) is 7.06. The van der Waals surface area contributed by atoms with Crippen molar-refractivity contribution in [1.82, 2.24) is 14.9 Å². The largest absolute Gasteiger partial charge is 0.481 e. The number of aryl methyl sites for hydroxylation is 1. The molecule has 1 saturated heterocycles. The summed E-state index contributed by atoms with van der Waals surface area (Å²) in [5, 5.41) is 9.44. The highest BCUT2D eigenvalue weighted by molar-refractivity contribution is 5.51. The molecule has 6 heteroatoms. The van der Waals surface area contributed by atoms with Gasteiger partial charge in [0, 0.05) is 32.7 Å². The number of methoxy groups -OCH3 is 1. The maximum absolute atomic E-state index is 9.44. The molecule has 0 aromatic carbocycles. The molecule has 20 heavy (non-hydrogen) atoms. The number of β-amino-alcohol motifs (C(OH)–C–C–N with tert-alkyl or cyclic N) is 1. The molecule has 0 bridgehead atoms. The second kappa shape index (κ2) is 6.37. The Balaban J connectivity index is 2.09. The van der Waals surface area contributed by atoms with Gasteiger partial charge >= 0.3 is 0 Å². The fraction of sp³-hybridized carbons (Fsp3) is 0.714. The van der Waals surface area contributed by atoms with Crippen LogP contribution in [0.1, 0.15) is 18.3 Å². The van der Waals surface area contributed by atoms with Gasteiger partial charge in [0.05, 0.1) is 18.8 Å². The average molecular weight is 280 g/mol. The van der Waals surface area contributed by atoms with E-state index in [0.717, 1.165) is 49.9 Å². The summed E-state index contributed by atoms with van der Waals surface area (Å²) in [7, 11) is 1.64. The van der Waals surface area contributed by atoms with E-state index in [1.165, 1.54) is 0 Å². The first-order chi connectivity index (χ1) is 9.51. The Hall–Kier alpha value is -1.40. The Kier molecular flexibility index (Phi) is 4.77. The van der Waals surface area contributed by atoms with Gasteiger partial charge < -0.3 is 14.7 Å². The van der Waals surface area contributed by atoms with Crippen LogP contribution in [0.25, 0.3) is 0 Å². The third-order valence-corrected chi connectivity index (χ3v) is 3.57. The number of anilines is 1. The van der Waals surface area contributed by atoms with Crippen molar-refractivity contribution in [3.05, 3.63) is 11.4 Å². The molecule has 0 unspecified atom stereocenters. The zero-order valence-electron chi connectivity index (χ0n) is 12.8. The summed E-state index contributed by atoms with van der Waals surface area (Å²) >= 11 is 0. The molecule has 2 rings (SSSR count). The number of aromatic nitrogens is 2. The summed E-state index contributed by atoms with van der Waals surface area (Å²) in [5.41, 5.74) is 0.988. The van der Waals surface area contributed by atoms with Crippen LogP contribution in [0.4, 0.5) is 5.82 Å². The molecule has 1 fully saturated rings. The molecule has 0 saturated carbocycles. The van der Waals surface area contributed by atoms with E-state index in [2.05, 4.69) is 19.8 Å². The Morgan fingerprint density at radius 3 is 2.40 bits per heavy atom. The molecule has 1 aliphatic heterocycles. The van der Waals surface area contributed by atoms with Crippen LogP contribution in [0.2, 0.25) is 0 Å². The number of rotatable bonds is 4. The van der Waals surface area contributed by atoms with E-state index in [-0.39, 0.29) is 6.10 Å². The average Bonchev–Trinajstić information content (AvgIpc) is 2.41. The topological polar surface area (TPSA) is 61.7 Å². The van der Waals surface area contributed by atoms with Gasteiger partial charge in [-0.1, -0.05) is 0 Å². The minimum absolute atomic E-state index is 0.273. The van der Waals surface area contributed by atoms with E-state index in [0.29, 0.717) is 5.88 Å². The lowest BCUT2D eigenvalue weighted by molar-refractivity contribution is 0.122. The van der Waals surface area contributed by atoms with Gasteiger partial charge in [0.25, 0.3) is 0 Å². The standard InChI is InChI=1S/C14H24N4O2/c1-10(19)9-17-5-7-18(8-6-17)13-11(2)14(20-4)16-12(3)15-13/h10,19H,5-9H2,1-4H3/t10-/m1/s1. The summed E-state index contributed by atoms with van der Waals surface area (Å²) < 4.78 is 5.31. The van der Waals surface area contributed by atoms with Crippen LogP contribution in [0, 0.1) is 13.8 Å². The Morgan fingerprint density at radius 2 is 1.85 bits per heavy atom. The van der Waals surface area contributed by atoms with Crippen LogP contribution in [-0.2, 0) is 0 Å². The number of hydrogen-bond acceptors (Lipinski definition) is 6. The van der Waals surface area contributed by atoms with Crippen molar-refractivity contribution >= 4 is 5.82 Å². The van der Waals surface area contributed by atoms with E-state index >= 15 is 0 Å². The predicted molar refractivity (Wildman–Crippen MR) is 78.4 cm³/mol. The molecule has 112 valence electrons. The van der Waals surface area contributed by atoms with Crippen molar-refractivity contribution in [1.29, 1.82) is 0 Å². The lowest BCUT2D eigenvalue weighted by Crippen LogP contribution is -2.48. The van der Waals surface area contributed by atoms with E-state index in [1.54, 1.807) is 7.11 Å². The Bertz CT molecular complexity index is 457. The smallest absolute Gasteiger partial charge is 0.221 e. The van der Waals surface area contributed by atoms with Crippen molar-refractivity contribution in [2.24, 2.45) is 0 Å². The fourth-order valence-electron chi connectivity index (χ4n) is 2.61. The van der Waals surface area contributed by atoms with E-state index in [4.69, 9.17) is 4.74 Å². The lowest BCUT2D eigenvalue weighted by atomic mass is 10.2. The van der Waals surface area contributed by atoms with Crippen molar-refractivity contribution < 1.29 is 9.84 Å². The third kappa shape index (κ3) is 3.37. The first kappa shape index (κ1) is 15.0. The first-order valence-electron chi connectivity index (χ1n) is 7.06. The highest BCUT2D eigenvalue weighted by atomic mass is 16.5. The second-order valence-electron chi connectivity index (χ2n) is 5.37. The third-order valence-electron chi connectivity index (χ3n) is 3.57. The summed E-state index contributed by atoms with van der Waals surface area (Å²) in [6.07, 6.45) is -0.273. The molecule has 1 aromatic heterocycles. The number of aliphatic hydroxyl groups excluding tert-OH is 1. The highest BCUT2D eigenvalue weighted by Gasteiger charge is 2.22. The van der Waals surface area contributed by atoms with Crippen LogP contribution in [0.5, 0.6) is 5.88 Å². The molecule has 6 nitrogen and oxygen atoms in total. The van der Waals surface area contributed by atoms with Gasteiger partial charge in [-0.3, -0.25) is 4.90 Å². The maximum atomic E-state index is 9.44. The van der Waals surface area contributed by atoms with Crippen LogP contribution < -0.4 is 9.64 Å². The van der Waals surface area contributed by atoms with Gasteiger partial charge in [-0.25, -0.2) is 4.98 Å². The summed E-state index contributed by atoms with van der Waals surface area (Å²) in [4.78, 5) is 13.4. The van der Waals surface area contributed by atoms with Crippen LogP contribution in [0.3, 0.4) is 0 Å². The molecule has 1 aliphatic rings. The summed E-state index contributed by atoms with van der Waals surface area (Å²) in [5.74, 6) is 2.35. The predicted octanol–water partition coefficient (Wildman–Crippen LogP) is 0.605. The fourth-order valence-corrected chi connectivity index (χ4v) is 2.61. The number of aliphatic hydroxyl groups is 1. The second-order valence-corrected chi connectivity index (χ2v) is 5.37. The number of nitrogens with zero attached hydrogens (tertiary/aromatic N) is 4. The molecule has 2 heterocycles. The Labute approximate surface area is 120 Å². The maximum Gasteiger partial charge on any atom is 0.221 e. The normalized spacial score (nSPS) is 18.1. The van der Waals surface area contributed by atoms with Gasteiger partial charge in [0.2, 0.25) is 5.88 Å². The van der Waals surface area contributed by atoms with E-state index in [1.807, 2.05) is 20.8 Å². The quantitative estimate of drug-likeness (QED) is 0.872. The van der Waals surface area contributed by atoms with Gasteiger partial charge in [-0.05, 0) is 20.8 Å². The number of piperazine rings is 1. The van der Waals surface area contributed by atoms with E-state index < -0.39 is 0 Å². The van der Waals surface area contributed by atoms with Gasteiger partial charge in [0.1, 0.15) is 11.6 Å². The number of ether oxygens (including phenoxy) is 1. The van der Waals surface area contributed by atoms with Crippen molar-refractivity contribution in [2.45, 2.75) is 26.9 Å². The van der Waals surface area contributed by atoms with Gasteiger partial charge in [-0.15, -0.1) is 0 Å². The van der Waals surface area contributed by atoms with Gasteiger partial charge in [-0.2, -0.15) is 4.98 Å². The Morgan fingerprint density at radius 1 is 1.20 bits per heavy atom. The SMILES string of the molecule is COc1nc(C)nc(N2CCN(C[C@@H](C)O)CC2)c1C. The molecule has 1 aromatic rings. The summed E-state index contributed by atoms with van der Waals surface area (Å²) in [6.45, 7) is 10.1. The molecule has 0 amide bonds. The highest BCUT2D eigenvalue weighted by Crippen LogP contribution is 2.25. The molecule has 0 spiro atoms. The molecule has 0 aliphatic carbocycles. The minimum Gasteiger partial charge on any atom is -0.481 e. The van der Waals surface area contributed by atoms with Gasteiger partial charge in [0.15, 0.2) is 0 Å². The molecule has 1 N–H and O–H groups in total. The van der Waals surface area contributed by atoms with Crippen LogP contribution >= 0.6 is 0 Å². The van der Waals surface area contributed by atoms with Crippen LogP contribution in [-0.4, -0.2) is 65.9 Å². The zero-order valence-corrected chi connectivity index (χ0v) is 12.8. The molecular formula is C14H24N4O2. The van der Waals surface area contributed by atoms with Crippen molar-refractivity contribution in [3.63, 3.8) is 0 Å². The van der Waals surface area contributed by atoms with E-state index in [9.17, 15) is 5.11 Å². The van der Waals surface area contributed by atoms with Crippen molar-refractivity contribution in [2.75, 3.05) is 44.7 Å². The minimum atomic E-state index is -0.273. The van der Waals surface area contributed by atoms with Crippen molar-refractivity contribution in [3.8, 4) is 5.88 Å². The lowest BCUT2D eigenvalue weighted by Gasteiger charge is -2.36. The summed E-state index contributed by atoms with van der Waals surface area (Å²) in [6, 6.07) is 0. The molecule has 0 radical (unpaired) electrons. The number of hydrogen-bond donors (Lipinski definition) is 1.